The van der Waals surface area contributed by atoms with Crippen LogP contribution in [0.15, 0.2) is 29.2 Å². The molecule has 132 valence electrons. The van der Waals surface area contributed by atoms with E-state index in [2.05, 4.69) is 20.8 Å². The van der Waals surface area contributed by atoms with Gasteiger partial charge in [0.1, 0.15) is 0 Å². The van der Waals surface area contributed by atoms with E-state index in [1.165, 1.54) is 4.90 Å². The normalized spacial score (nSPS) is 13.2. The molecule has 1 aromatic heterocycles. The molecule has 1 aromatic carbocycles. The molecule has 25 heavy (non-hydrogen) atoms. The summed E-state index contributed by atoms with van der Waals surface area (Å²) in [7, 11) is 1.61. The minimum absolute atomic E-state index is 0.0311. The van der Waals surface area contributed by atoms with Gasteiger partial charge in [0.15, 0.2) is 5.69 Å². The number of likely N-dealkylation sites (N-methyl/N-ethyl adjacent to an activating group) is 1. The van der Waals surface area contributed by atoms with Crippen LogP contribution >= 0.6 is 11.8 Å². The molecule has 3 rings (SSSR count). The van der Waals surface area contributed by atoms with E-state index < -0.39 is 0 Å². The number of aromatic nitrogens is 2. The summed E-state index contributed by atoms with van der Waals surface area (Å²) in [6.45, 7) is 1.46. The summed E-state index contributed by atoms with van der Waals surface area (Å²) in [4.78, 5) is 27.3. The number of thioether (sulfide) groups is 1. The van der Waals surface area contributed by atoms with E-state index in [-0.39, 0.29) is 18.4 Å². The van der Waals surface area contributed by atoms with E-state index >= 15 is 0 Å². The van der Waals surface area contributed by atoms with E-state index in [0.29, 0.717) is 12.2 Å². The first-order valence-corrected chi connectivity index (χ1v) is 9.27. The smallest absolute Gasteiger partial charge is 0.274 e. The summed E-state index contributed by atoms with van der Waals surface area (Å²) in [5.74, 6) is -0.491. The Labute approximate surface area is 150 Å². The molecule has 0 saturated carbocycles. The first kappa shape index (κ1) is 17.5. The number of amides is 2. The van der Waals surface area contributed by atoms with Gasteiger partial charge < -0.3 is 15.5 Å². The Morgan fingerprint density at radius 2 is 2.16 bits per heavy atom. The average Bonchev–Trinajstić information content (AvgIpc) is 3.05. The van der Waals surface area contributed by atoms with Gasteiger partial charge in [0.2, 0.25) is 5.91 Å². The highest BCUT2D eigenvalue weighted by Gasteiger charge is 2.25. The van der Waals surface area contributed by atoms with Crippen LogP contribution in [0.3, 0.4) is 0 Å². The molecule has 0 bridgehead atoms. The number of aromatic amines is 1. The molecule has 0 spiro atoms. The number of benzene rings is 1. The second kappa shape index (κ2) is 7.71. The number of carbonyl (C=O) groups excluding carboxylic acids is 2. The number of para-hydroxylation sites is 1. The first-order valence-electron chi connectivity index (χ1n) is 8.05. The van der Waals surface area contributed by atoms with Gasteiger partial charge in [0.25, 0.3) is 5.91 Å². The molecule has 0 radical (unpaired) electrons. The summed E-state index contributed by atoms with van der Waals surface area (Å²) in [6, 6.07) is 7.58. The lowest BCUT2D eigenvalue weighted by atomic mass is 10.1. The highest BCUT2D eigenvalue weighted by molar-refractivity contribution is 7.98. The Balaban J connectivity index is 1.65. The number of nitrogens with zero attached hydrogens (tertiary/aromatic N) is 2. The number of hydrogen-bond donors (Lipinski definition) is 3. The molecule has 1 aliphatic rings. The summed E-state index contributed by atoms with van der Waals surface area (Å²) in [5, 5.41) is 13.2. The SMILES string of the molecule is CSc1ccccc1NC(=O)CN(C)C(=O)c1n[nH]c2c1CNCC2. The maximum Gasteiger partial charge on any atom is 0.274 e. The minimum atomic E-state index is -0.255. The van der Waals surface area contributed by atoms with Gasteiger partial charge in [-0.25, -0.2) is 0 Å². The predicted molar refractivity (Wildman–Crippen MR) is 97.8 cm³/mol. The fourth-order valence-corrected chi connectivity index (χ4v) is 3.36. The van der Waals surface area contributed by atoms with Gasteiger partial charge in [-0.15, -0.1) is 11.8 Å². The number of nitrogens with one attached hydrogen (secondary N) is 3. The van der Waals surface area contributed by atoms with Crippen LogP contribution < -0.4 is 10.6 Å². The van der Waals surface area contributed by atoms with Gasteiger partial charge in [-0.1, -0.05) is 12.1 Å². The monoisotopic (exact) mass is 359 g/mol. The number of rotatable bonds is 5. The molecule has 0 saturated heterocycles. The molecule has 8 heteroatoms. The van der Waals surface area contributed by atoms with Crippen LogP contribution in [0.25, 0.3) is 0 Å². The Hall–Kier alpha value is -2.32. The third-order valence-corrected chi connectivity index (χ3v) is 4.91. The largest absolute Gasteiger partial charge is 0.331 e. The molecule has 1 aliphatic heterocycles. The molecule has 0 aliphatic carbocycles. The van der Waals surface area contributed by atoms with Gasteiger partial charge in [0.05, 0.1) is 12.2 Å². The predicted octanol–water partition coefficient (Wildman–Crippen LogP) is 1.49. The second-order valence-electron chi connectivity index (χ2n) is 5.87. The van der Waals surface area contributed by atoms with Crippen LogP contribution in [0.2, 0.25) is 0 Å². The Kier molecular flexibility index (Phi) is 5.40. The zero-order chi connectivity index (χ0) is 17.8. The van der Waals surface area contributed by atoms with Crippen molar-refractivity contribution < 1.29 is 9.59 Å². The van der Waals surface area contributed by atoms with E-state index in [1.54, 1.807) is 18.8 Å². The second-order valence-corrected chi connectivity index (χ2v) is 6.71. The molecule has 0 atom stereocenters. The van der Waals surface area contributed by atoms with Crippen LogP contribution in [0.1, 0.15) is 21.7 Å². The number of anilines is 1. The third kappa shape index (κ3) is 3.85. The lowest BCUT2D eigenvalue weighted by molar-refractivity contribution is -0.116. The molecule has 0 unspecified atom stereocenters. The summed E-state index contributed by atoms with van der Waals surface area (Å²) in [6.07, 6.45) is 2.78. The van der Waals surface area contributed by atoms with Gasteiger partial charge in [0, 0.05) is 42.7 Å². The Morgan fingerprint density at radius 1 is 1.36 bits per heavy atom. The molecule has 3 N–H and O–H groups in total. The van der Waals surface area contributed by atoms with Crippen LogP contribution in [-0.2, 0) is 17.8 Å². The van der Waals surface area contributed by atoms with E-state index in [4.69, 9.17) is 0 Å². The number of hydrogen-bond acceptors (Lipinski definition) is 5. The van der Waals surface area contributed by atoms with Crippen molar-refractivity contribution in [3.05, 3.63) is 41.2 Å². The van der Waals surface area contributed by atoms with E-state index in [0.717, 1.165) is 34.8 Å². The van der Waals surface area contributed by atoms with Crippen molar-refractivity contribution in [1.29, 1.82) is 0 Å². The Morgan fingerprint density at radius 3 is 2.96 bits per heavy atom. The molecule has 0 fully saturated rings. The molecule has 2 aromatic rings. The highest BCUT2D eigenvalue weighted by atomic mass is 32.2. The fraction of sp³-hybridized carbons (Fsp3) is 0.353. The van der Waals surface area contributed by atoms with Crippen molar-refractivity contribution in [3.63, 3.8) is 0 Å². The average molecular weight is 359 g/mol. The molecule has 7 nitrogen and oxygen atoms in total. The summed E-state index contributed by atoms with van der Waals surface area (Å²) < 4.78 is 0. The molecular formula is C17H21N5O2S. The van der Waals surface area contributed by atoms with Crippen molar-refractivity contribution in [1.82, 2.24) is 20.4 Å². The highest BCUT2D eigenvalue weighted by Crippen LogP contribution is 2.24. The van der Waals surface area contributed by atoms with Crippen LogP contribution in [0.4, 0.5) is 5.69 Å². The van der Waals surface area contributed by atoms with Crippen molar-refractivity contribution >= 4 is 29.3 Å². The summed E-state index contributed by atoms with van der Waals surface area (Å²) >= 11 is 1.56. The molecule has 2 heterocycles. The standard InChI is InChI=1S/C17H21N5O2S/c1-22(10-15(23)19-13-5-3-4-6-14(13)25-2)17(24)16-11-9-18-8-7-12(11)20-21-16/h3-6,18H,7-10H2,1-2H3,(H,19,23)(H,20,21). The van der Waals surface area contributed by atoms with Gasteiger partial charge in [-0.2, -0.15) is 5.10 Å². The van der Waals surface area contributed by atoms with Crippen LogP contribution in [-0.4, -0.2) is 53.3 Å². The zero-order valence-corrected chi connectivity index (χ0v) is 15.1. The quantitative estimate of drug-likeness (QED) is 0.704. The van der Waals surface area contributed by atoms with Gasteiger partial charge in [-0.05, 0) is 18.4 Å². The zero-order valence-electron chi connectivity index (χ0n) is 14.3. The van der Waals surface area contributed by atoms with E-state index in [1.807, 2.05) is 30.5 Å². The number of H-pyrrole nitrogens is 1. The van der Waals surface area contributed by atoms with Crippen LogP contribution in [0.5, 0.6) is 0 Å². The van der Waals surface area contributed by atoms with Crippen molar-refractivity contribution in [2.75, 3.05) is 31.7 Å². The minimum Gasteiger partial charge on any atom is -0.331 e. The van der Waals surface area contributed by atoms with Crippen molar-refractivity contribution in [2.24, 2.45) is 0 Å². The lowest BCUT2D eigenvalue weighted by Crippen LogP contribution is -2.36. The lowest BCUT2D eigenvalue weighted by Gasteiger charge is -2.18. The Bertz CT molecular complexity index is 789. The van der Waals surface area contributed by atoms with Crippen molar-refractivity contribution in [3.8, 4) is 0 Å². The van der Waals surface area contributed by atoms with Crippen LogP contribution in [0, 0.1) is 0 Å². The van der Waals surface area contributed by atoms with E-state index in [9.17, 15) is 9.59 Å². The topological polar surface area (TPSA) is 90.1 Å². The first-order chi connectivity index (χ1) is 12.1. The van der Waals surface area contributed by atoms with Gasteiger partial charge in [-0.3, -0.25) is 14.7 Å². The van der Waals surface area contributed by atoms with Crippen molar-refractivity contribution in [2.45, 2.75) is 17.9 Å². The molecular weight excluding hydrogens is 338 g/mol. The molecule has 2 amide bonds. The summed E-state index contributed by atoms with van der Waals surface area (Å²) in [5.41, 5.74) is 3.04. The maximum absolute atomic E-state index is 12.6. The number of fused-ring (bicyclic) bond motifs is 1. The van der Waals surface area contributed by atoms with Gasteiger partial charge >= 0.3 is 0 Å². The fourth-order valence-electron chi connectivity index (χ4n) is 2.81. The number of carbonyl (C=O) groups is 2. The third-order valence-electron chi connectivity index (χ3n) is 4.12. The maximum atomic E-state index is 12.6.